The van der Waals surface area contributed by atoms with Crippen molar-refractivity contribution in [3.63, 3.8) is 0 Å². The molecule has 0 fully saturated rings. The first-order valence-corrected chi connectivity index (χ1v) is 28.1. The Morgan fingerprint density at radius 1 is 0.366 bits per heavy atom. The van der Waals surface area contributed by atoms with Gasteiger partial charge in [-0.15, -0.1) is 0 Å². The van der Waals surface area contributed by atoms with Crippen LogP contribution in [0, 0.1) is 0 Å². The molecule has 0 atom stereocenters. The molecule has 0 aliphatic carbocycles. The zero-order valence-electron chi connectivity index (χ0n) is 25.8. The van der Waals surface area contributed by atoms with Crippen LogP contribution in [-0.4, -0.2) is 41.4 Å². The van der Waals surface area contributed by atoms with Crippen molar-refractivity contribution in [1.29, 1.82) is 0 Å². The molecule has 0 unspecified atom stereocenters. The van der Waals surface area contributed by atoms with E-state index in [4.69, 9.17) is 4.31 Å². The van der Waals surface area contributed by atoms with Crippen molar-refractivity contribution in [2.75, 3.05) is 0 Å². The second kappa shape index (κ2) is 13.1. The van der Waals surface area contributed by atoms with Crippen molar-refractivity contribution in [2.24, 2.45) is 0 Å². The van der Waals surface area contributed by atoms with Crippen LogP contribution >= 0.6 is 16.9 Å². The van der Waals surface area contributed by atoms with Crippen molar-refractivity contribution < 1.29 is 4.31 Å². The van der Waals surface area contributed by atoms with Crippen LogP contribution in [0.3, 0.4) is 0 Å². The highest BCUT2D eigenvalue weighted by Crippen LogP contribution is 2.30. The van der Waals surface area contributed by atoms with Gasteiger partial charge in [0, 0.05) is 0 Å². The highest BCUT2D eigenvalue weighted by atomic mass is 31.1. The molecule has 0 heterocycles. The molecule has 0 bridgehead atoms. The van der Waals surface area contributed by atoms with Crippen LogP contribution < -0.4 is 20.7 Å². The largest absolute Gasteiger partial charge is 0.273 e. The molecule has 0 saturated heterocycles. The molecule has 7 heteroatoms. The molecular weight excluding hydrogens is 599 g/mol. The van der Waals surface area contributed by atoms with Crippen LogP contribution in [0.15, 0.2) is 121 Å². The highest BCUT2D eigenvalue weighted by Gasteiger charge is 2.43. The lowest BCUT2D eigenvalue weighted by molar-refractivity contribution is 0.754. The van der Waals surface area contributed by atoms with Gasteiger partial charge in [0.1, 0.15) is 32.3 Å². The van der Waals surface area contributed by atoms with E-state index in [0.717, 1.165) is 16.9 Å². The maximum Gasteiger partial charge on any atom is 0.111 e. The summed E-state index contributed by atoms with van der Waals surface area (Å²) in [5.74, 6) is 0. The Kier molecular flexibility index (Phi) is 10.2. The van der Waals surface area contributed by atoms with E-state index in [1.54, 1.807) is 9.08 Å². The summed E-state index contributed by atoms with van der Waals surface area (Å²) >= 11 is 0. The maximum atomic E-state index is 7.00. The first-order chi connectivity index (χ1) is 19.4. The minimum absolute atomic E-state index is 1.06. The summed E-state index contributed by atoms with van der Waals surface area (Å²) in [6, 6.07) is 44.8. The number of hydrogen-bond donors (Lipinski definition) is 0. The molecule has 0 amide bonds. The van der Waals surface area contributed by atoms with Crippen LogP contribution in [0.5, 0.6) is 0 Å². The van der Waals surface area contributed by atoms with E-state index in [0.29, 0.717) is 0 Å². The Bertz CT molecular complexity index is 1260. The Hall–Kier alpha value is -1.95. The summed E-state index contributed by atoms with van der Waals surface area (Å²) in [4.78, 5) is 0. The molecule has 4 aromatic rings. The average molecular weight is 643 g/mol. The Labute approximate surface area is 255 Å². The van der Waals surface area contributed by atoms with Gasteiger partial charge in [-0.1, -0.05) is 194 Å². The van der Waals surface area contributed by atoms with E-state index >= 15 is 0 Å². The van der Waals surface area contributed by atoms with Gasteiger partial charge < -0.3 is 0 Å². The lowest BCUT2D eigenvalue weighted by Gasteiger charge is -2.37. The van der Waals surface area contributed by atoms with Gasteiger partial charge in [0.25, 0.3) is 0 Å². The molecule has 1 nitrogen and oxygen atoms in total. The van der Waals surface area contributed by atoms with Crippen molar-refractivity contribution >= 4 is 79.0 Å². The molecule has 0 radical (unpaired) electrons. The van der Waals surface area contributed by atoms with Crippen molar-refractivity contribution in [2.45, 2.75) is 52.4 Å². The predicted octanol–water partition coefficient (Wildman–Crippen LogP) is 7.69. The smallest absolute Gasteiger partial charge is 0.111 e. The van der Waals surface area contributed by atoms with Crippen LogP contribution in [0.2, 0.25) is 52.4 Å². The molecule has 0 spiro atoms. The third-order valence-corrected chi connectivity index (χ3v) is 36.8. The second-order valence-corrected chi connectivity index (χ2v) is 34.8. The summed E-state index contributed by atoms with van der Waals surface area (Å²) in [6.07, 6.45) is 0. The van der Waals surface area contributed by atoms with Crippen LogP contribution in [0.1, 0.15) is 0 Å². The van der Waals surface area contributed by atoms with Gasteiger partial charge in [-0.3, -0.25) is 4.31 Å². The average Bonchev–Trinajstić information content (AvgIpc) is 2.98. The highest BCUT2D eigenvalue weighted by molar-refractivity contribution is 7.70. The fourth-order valence-corrected chi connectivity index (χ4v) is 33.0. The van der Waals surface area contributed by atoms with Crippen LogP contribution in [0.4, 0.5) is 0 Å². The standard InChI is InChI=1S/C34H44OP2Si4/c1-38(2,29-21-13-9-14-22-29)33(39(3,4)30-23-15-10-16-24-30)36-35-37-34(40(5,6)31-25-17-11-18-26-31)41(7,8)32-27-19-12-20-28-32/h9-28H,1-8H3. The third-order valence-electron chi connectivity index (χ3n) is 8.61. The third kappa shape index (κ3) is 7.00. The lowest BCUT2D eigenvalue weighted by atomic mass is 10.4. The van der Waals surface area contributed by atoms with Gasteiger partial charge >= 0.3 is 0 Å². The van der Waals surface area contributed by atoms with Gasteiger partial charge in [0.2, 0.25) is 0 Å². The first-order valence-electron chi connectivity index (χ1n) is 14.5. The summed E-state index contributed by atoms with van der Waals surface area (Å²) in [5.41, 5.74) is 0. The zero-order valence-corrected chi connectivity index (χ0v) is 31.6. The minimum atomic E-state index is -1.97. The second-order valence-electron chi connectivity index (χ2n) is 12.9. The molecule has 212 valence electrons. The van der Waals surface area contributed by atoms with Gasteiger partial charge in [0.05, 0.1) is 16.9 Å². The fraction of sp³-hybridized carbons (Fsp3) is 0.235. The van der Waals surface area contributed by atoms with E-state index in [2.05, 4.69) is 174 Å². The monoisotopic (exact) mass is 642 g/mol. The van der Waals surface area contributed by atoms with E-state index < -0.39 is 32.3 Å². The number of hydrogen-bond acceptors (Lipinski definition) is 1. The summed E-state index contributed by atoms with van der Waals surface area (Å²) in [5, 5.41) is 5.95. The lowest BCUT2D eigenvalue weighted by Crippen LogP contribution is -2.64. The zero-order chi connectivity index (χ0) is 29.7. The fourth-order valence-electron chi connectivity index (χ4n) is 6.09. The molecule has 0 aliphatic rings. The summed E-state index contributed by atoms with van der Waals surface area (Å²) < 4.78 is 10.3. The molecule has 4 aromatic carbocycles. The first kappa shape index (κ1) is 32.0. The molecule has 0 saturated carbocycles. The molecule has 4 rings (SSSR count). The van der Waals surface area contributed by atoms with E-state index in [-0.39, 0.29) is 0 Å². The van der Waals surface area contributed by atoms with E-state index in [1.165, 1.54) is 20.7 Å². The maximum absolute atomic E-state index is 7.00. The SMILES string of the molecule is C[Si](C)(C(=POP=C([Si](C)(C)c1ccccc1)[Si](C)(C)c1ccccc1)[Si](C)(C)c1ccccc1)c1ccccc1. The quantitative estimate of drug-likeness (QED) is 0.127. The number of rotatable bonds is 10. The Morgan fingerprint density at radius 3 is 0.756 bits per heavy atom. The van der Waals surface area contributed by atoms with E-state index in [9.17, 15) is 0 Å². The van der Waals surface area contributed by atoms with Gasteiger partial charge in [-0.2, -0.15) is 0 Å². The Balaban J connectivity index is 1.88. The van der Waals surface area contributed by atoms with Crippen molar-refractivity contribution in [1.82, 2.24) is 0 Å². The van der Waals surface area contributed by atoms with E-state index in [1.807, 2.05) is 0 Å². The predicted molar refractivity (Wildman–Crippen MR) is 199 cm³/mol. The topological polar surface area (TPSA) is 9.23 Å². The normalized spacial score (nSPS) is 12.9. The minimum Gasteiger partial charge on any atom is -0.273 e. The van der Waals surface area contributed by atoms with Crippen molar-refractivity contribution in [3.05, 3.63) is 121 Å². The van der Waals surface area contributed by atoms with Crippen molar-refractivity contribution in [3.8, 4) is 0 Å². The van der Waals surface area contributed by atoms with Crippen LogP contribution in [0.25, 0.3) is 0 Å². The van der Waals surface area contributed by atoms with Crippen LogP contribution in [-0.2, 0) is 4.31 Å². The van der Waals surface area contributed by atoms with Gasteiger partial charge in [0.15, 0.2) is 0 Å². The molecule has 0 N–H and O–H groups in total. The Morgan fingerprint density at radius 2 is 0.561 bits per heavy atom. The van der Waals surface area contributed by atoms with Gasteiger partial charge in [-0.05, 0) is 9.08 Å². The van der Waals surface area contributed by atoms with Gasteiger partial charge in [-0.25, -0.2) is 0 Å². The molecule has 41 heavy (non-hydrogen) atoms. The summed E-state index contributed by atoms with van der Waals surface area (Å²) in [6.45, 7) is 20.2. The molecule has 0 aromatic heterocycles. The number of benzene rings is 4. The molecule has 0 aliphatic heterocycles. The molecular formula is C34H44OP2Si4. The summed E-state index contributed by atoms with van der Waals surface area (Å²) in [7, 11) is -5.75.